The summed E-state index contributed by atoms with van der Waals surface area (Å²) < 4.78 is 0. The number of hydrogen-bond donors (Lipinski definition) is 1. The van der Waals surface area contributed by atoms with E-state index in [0.29, 0.717) is 12.8 Å². The highest BCUT2D eigenvalue weighted by Crippen LogP contribution is 1.99. The zero-order valence-corrected chi connectivity index (χ0v) is 9.18. The van der Waals surface area contributed by atoms with Crippen LogP contribution in [-0.2, 0) is 4.79 Å². The minimum atomic E-state index is -0.625. The van der Waals surface area contributed by atoms with Crippen molar-refractivity contribution in [2.24, 2.45) is 0 Å². The molecule has 0 radical (unpaired) electrons. The summed E-state index contributed by atoms with van der Waals surface area (Å²) in [5.41, 5.74) is 0. The third-order valence-corrected chi connectivity index (χ3v) is 1.97. The van der Waals surface area contributed by atoms with Crippen LogP contribution >= 0.6 is 0 Å². The molecule has 0 aliphatic rings. The van der Waals surface area contributed by atoms with Crippen LogP contribution in [0.5, 0.6) is 0 Å². The molecule has 1 unspecified atom stereocenters. The first-order chi connectivity index (χ1) is 6.70. The van der Waals surface area contributed by atoms with Crippen LogP contribution in [0.3, 0.4) is 0 Å². The Kier molecular flexibility index (Phi) is 8.27. The molecule has 2 nitrogen and oxygen atoms in total. The molecule has 80 valence electrons. The molecule has 1 atom stereocenters. The van der Waals surface area contributed by atoms with E-state index >= 15 is 0 Å². The average Bonchev–Trinajstić information content (AvgIpc) is 2.20. The summed E-state index contributed by atoms with van der Waals surface area (Å²) in [6.07, 6.45) is 4.46. The lowest BCUT2D eigenvalue weighted by Gasteiger charge is -1.99. The van der Waals surface area contributed by atoms with Crippen molar-refractivity contribution < 1.29 is 9.90 Å². The summed E-state index contributed by atoms with van der Waals surface area (Å²) in [6, 6.07) is 0. The van der Waals surface area contributed by atoms with Crippen molar-refractivity contribution in [1.82, 2.24) is 0 Å². The van der Waals surface area contributed by atoms with Crippen LogP contribution in [-0.4, -0.2) is 17.0 Å². The van der Waals surface area contributed by atoms with Gasteiger partial charge in [-0.15, -0.1) is 0 Å². The van der Waals surface area contributed by atoms with E-state index in [-0.39, 0.29) is 5.78 Å². The van der Waals surface area contributed by atoms with E-state index in [1.807, 2.05) is 6.92 Å². The third-order valence-electron chi connectivity index (χ3n) is 1.97. The second-order valence-electron chi connectivity index (χ2n) is 3.45. The summed E-state index contributed by atoms with van der Waals surface area (Å²) in [7, 11) is 0. The molecule has 14 heavy (non-hydrogen) atoms. The number of ketones is 1. The molecule has 0 saturated heterocycles. The van der Waals surface area contributed by atoms with E-state index < -0.39 is 6.10 Å². The van der Waals surface area contributed by atoms with Gasteiger partial charge < -0.3 is 5.11 Å². The lowest BCUT2D eigenvalue weighted by molar-refractivity contribution is -0.113. The minimum Gasteiger partial charge on any atom is -0.380 e. The van der Waals surface area contributed by atoms with Crippen molar-refractivity contribution in [3.63, 3.8) is 0 Å². The van der Waals surface area contributed by atoms with Crippen molar-refractivity contribution in [2.75, 3.05) is 0 Å². The van der Waals surface area contributed by atoms with Crippen LogP contribution in [0.25, 0.3) is 0 Å². The molecule has 0 aromatic carbocycles. The van der Waals surface area contributed by atoms with Gasteiger partial charge in [0.05, 0.1) is 0 Å². The summed E-state index contributed by atoms with van der Waals surface area (Å²) >= 11 is 0. The van der Waals surface area contributed by atoms with Crippen molar-refractivity contribution >= 4 is 5.78 Å². The van der Waals surface area contributed by atoms with Crippen molar-refractivity contribution in [1.29, 1.82) is 0 Å². The zero-order valence-electron chi connectivity index (χ0n) is 9.18. The fourth-order valence-electron chi connectivity index (χ4n) is 1.03. The molecule has 0 heterocycles. The maximum Gasteiger partial charge on any atom is 0.205 e. The predicted molar refractivity (Wildman–Crippen MR) is 57.8 cm³/mol. The molecule has 0 aromatic rings. The van der Waals surface area contributed by atoms with Gasteiger partial charge in [0.2, 0.25) is 5.78 Å². The standard InChI is InChI=1S/C12H20O2/c1-3-5-7-11(13)9-10-12(14)8-6-4-2/h11,13H,3-8H2,1-2H3. The summed E-state index contributed by atoms with van der Waals surface area (Å²) in [5.74, 6) is 5.02. The van der Waals surface area contributed by atoms with Crippen molar-refractivity contribution in [3.05, 3.63) is 0 Å². The van der Waals surface area contributed by atoms with Crippen LogP contribution in [0, 0.1) is 11.8 Å². The molecule has 0 bridgehead atoms. The van der Waals surface area contributed by atoms with Gasteiger partial charge in [0.15, 0.2) is 0 Å². The second kappa shape index (κ2) is 8.77. The highest BCUT2D eigenvalue weighted by atomic mass is 16.3. The Morgan fingerprint density at radius 3 is 2.50 bits per heavy atom. The van der Waals surface area contributed by atoms with Gasteiger partial charge in [-0.25, -0.2) is 0 Å². The first kappa shape index (κ1) is 13.2. The molecule has 0 aliphatic heterocycles. The van der Waals surface area contributed by atoms with Crippen LogP contribution in [0.2, 0.25) is 0 Å². The summed E-state index contributed by atoms with van der Waals surface area (Å²) in [5, 5.41) is 9.33. The van der Waals surface area contributed by atoms with Gasteiger partial charge in [-0.1, -0.05) is 39.0 Å². The first-order valence-corrected chi connectivity index (χ1v) is 5.43. The van der Waals surface area contributed by atoms with E-state index in [1.54, 1.807) is 0 Å². The van der Waals surface area contributed by atoms with Gasteiger partial charge in [0.1, 0.15) is 6.10 Å². The van der Waals surface area contributed by atoms with Gasteiger partial charge in [-0.05, 0) is 18.8 Å². The van der Waals surface area contributed by atoms with Crippen molar-refractivity contribution in [2.45, 2.75) is 58.5 Å². The minimum absolute atomic E-state index is 0.0533. The third kappa shape index (κ3) is 7.82. The highest BCUT2D eigenvalue weighted by Gasteiger charge is 1.99. The van der Waals surface area contributed by atoms with E-state index in [2.05, 4.69) is 18.8 Å². The second-order valence-corrected chi connectivity index (χ2v) is 3.45. The SMILES string of the molecule is CCCCC(=O)C#CC(O)CCCC. The lowest BCUT2D eigenvalue weighted by Crippen LogP contribution is -2.03. The normalized spacial score (nSPS) is 11.6. The number of rotatable bonds is 6. The number of Topliss-reactive ketones (excluding diaryl/α,β-unsaturated/α-hetero) is 1. The van der Waals surface area contributed by atoms with Crippen LogP contribution in [0.15, 0.2) is 0 Å². The highest BCUT2D eigenvalue weighted by molar-refractivity contribution is 5.95. The number of aliphatic hydroxyl groups excluding tert-OH is 1. The van der Waals surface area contributed by atoms with E-state index in [4.69, 9.17) is 0 Å². The fraction of sp³-hybridized carbons (Fsp3) is 0.750. The van der Waals surface area contributed by atoms with E-state index in [0.717, 1.165) is 25.7 Å². The maximum absolute atomic E-state index is 11.1. The molecule has 0 aromatic heterocycles. The molecule has 0 aliphatic carbocycles. The largest absolute Gasteiger partial charge is 0.380 e. The average molecular weight is 196 g/mol. The number of carbonyl (C=O) groups is 1. The zero-order chi connectivity index (χ0) is 10.8. The summed E-state index contributed by atoms with van der Waals surface area (Å²) in [6.45, 7) is 4.10. The molecule has 2 heteroatoms. The molecule has 0 saturated carbocycles. The van der Waals surface area contributed by atoms with Crippen molar-refractivity contribution in [3.8, 4) is 11.8 Å². The van der Waals surface area contributed by atoms with Gasteiger partial charge in [0.25, 0.3) is 0 Å². The number of aliphatic hydroxyl groups is 1. The Balaban J connectivity index is 3.72. The van der Waals surface area contributed by atoms with Gasteiger partial charge in [-0.3, -0.25) is 4.79 Å². The maximum atomic E-state index is 11.1. The fourth-order valence-corrected chi connectivity index (χ4v) is 1.03. The van der Waals surface area contributed by atoms with Gasteiger partial charge in [0, 0.05) is 6.42 Å². The molecule has 0 fully saturated rings. The topological polar surface area (TPSA) is 37.3 Å². The lowest BCUT2D eigenvalue weighted by atomic mass is 10.1. The molecular weight excluding hydrogens is 176 g/mol. The van der Waals surface area contributed by atoms with Crippen LogP contribution in [0.4, 0.5) is 0 Å². The molecular formula is C12H20O2. The van der Waals surface area contributed by atoms with Crippen LogP contribution < -0.4 is 0 Å². The number of carbonyl (C=O) groups excluding carboxylic acids is 1. The molecule has 1 N–H and O–H groups in total. The molecule has 0 amide bonds. The predicted octanol–water partition coefficient (Wildman–Crippen LogP) is 2.30. The van der Waals surface area contributed by atoms with E-state index in [1.165, 1.54) is 0 Å². The van der Waals surface area contributed by atoms with Crippen LogP contribution in [0.1, 0.15) is 52.4 Å². The first-order valence-electron chi connectivity index (χ1n) is 5.43. The van der Waals surface area contributed by atoms with Gasteiger partial charge in [-0.2, -0.15) is 0 Å². The van der Waals surface area contributed by atoms with E-state index in [9.17, 15) is 9.90 Å². The Hall–Kier alpha value is -0.810. The number of unbranched alkanes of at least 4 members (excludes halogenated alkanes) is 2. The Morgan fingerprint density at radius 1 is 1.29 bits per heavy atom. The quantitative estimate of drug-likeness (QED) is 0.523. The van der Waals surface area contributed by atoms with Gasteiger partial charge >= 0.3 is 0 Å². The molecule has 0 rings (SSSR count). The Labute approximate surface area is 86.7 Å². The smallest absolute Gasteiger partial charge is 0.205 e. The molecule has 0 spiro atoms. The Morgan fingerprint density at radius 2 is 1.93 bits per heavy atom. The monoisotopic (exact) mass is 196 g/mol. The number of hydrogen-bond acceptors (Lipinski definition) is 2. The Bertz CT molecular complexity index is 210. The summed E-state index contributed by atoms with van der Waals surface area (Å²) in [4.78, 5) is 11.1.